The molecule has 0 aliphatic rings. The van der Waals surface area contributed by atoms with E-state index in [1.165, 1.54) is 4.88 Å². The lowest BCUT2D eigenvalue weighted by atomic mass is 10.1. The Kier molecular flexibility index (Phi) is 4.66. The van der Waals surface area contributed by atoms with E-state index in [4.69, 9.17) is 0 Å². The van der Waals surface area contributed by atoms with Gasteiger partial charge in [-0.05, 0) is 37.4 Å². The molecule has 19 heavy (non-hydrogen) atoms. The minimum Gasteiger partial charge on any atom is -0.331 e. The molecule has 0 saturated heterocycles. The maximum absolute atomic E-state index is 12.6. The summed E-state index contributed by atoms with van der Waals surface area (Å²) in [4.78, 5) is 16.4. The topological polar surface area (TPSA) is 20.3 Å². The van der Waals surface area contributed by atoms with Gasteiger partial charge in [-0.15, -0.1) is 24.0 Å². The van der Waals surface area contributed by atoms with E-state index in [-0.39, 0.29) is 11.9 Å². The highest BCUT2D eigenvalue weighted by Gasteiger charge is 2.20. The third kappa shape index (κ3) is 3.39. The van der Waals surface area contributed by atoms with Crippen LogP contribution in [0.3, 0.4) is 0 Å². The summed E-state index contributed by atoms with van der Waals surface area (Å²) in [5.74, 6) is 0.0361. The first-order chi connectivity index (χ1) is 9.09. The zero-order chi connectivity index (χ0) is 13.8. The maximum atomic E-state index is 12.6. The molecule has 0 spiro atoms. The Hall–Kier alpha value is -1.26. The first-order valence-corrected chi connectivity index (χ1v) is 7.53. The highest BCUT2D eigenvalue weighted by molar-refractivity contribution is 7.80. The van der Waals surface area contributed by atoms with E-state index < -0.39 is 0 Å². The fourth-order valence-corrected chi connectivity index (χ4v) is 2.83. The van der Waals surface area contributed by atoms with Gasteiger partial charge < -0.3 is 4.90 Å². The molecule has 1 aromatic heterocycles. The zero-order valence-electron chi connectivity index (χ0n) is 11.0. The van der Waals surface area contributed by atoms with Gasteiger partial charge in [0.1, 0.15) is 0 Å². The van der Waals surface area contributed by atoms with Crippen molar-refractivity contribution in [2.45, 2.75) is 31.3 Å². The molecule has 1 heterocycles. The van der Waals surface area contributed by atoms with E-state index in [0.29, 0.717) is 12.1 Å². The van der Waals surface area contributed by atoms with Gasteiger partial charge in [-0.2, -0.15) is 0 Å². The summed E-state index contributed by atoms with van der Waals surface area (Å²) < 4.78 is 0. The summed E-state index contributed by atoms with van der Waals surface area (Å²) in [5, 5.41) is 2.03. The van der Waals surface area contributed by atoms with Crippen molar-refractivity contribution >= 4 is 29.9 Å². The molecule has 2 nitrogen and oxygen atoms in total. The summed E-state index contributed by atoms with van der Waals surface area (Å²) in [6.45, 7) is 4.72. The van der Waals surface area contributed by atoms with Crippen LogP contribution in [0.25, 0.3) is 0 Å². The number of hydrogen-bond acceptors (Lipinski definition) is 3. The second kappa shape index (κ2) is 6.26. The Balaban J connectivity index is 2.24. The lowest BCUT2D eigenvalue weighted by Gasteiger charge is -2.26. The van der Waals surface area contributed by atoms with Gasteiger partial charge in [0, 0.05) is 15.8 Å². The largest absolute Gasteiger partial charge is 0.331 e. The molecule has 0 bridgehead atoms. The molecule has 2 rings (SSSR count). The van der Waals surface area contributed by atoms with Crippen molar-refractivity contribution in [2.75, 3.05) is 0 Å². The van der Waals surface area contributed by atoms with Crippen LogP contribution in [0.4, 0.5) is 0 Å². The summed E-state index contributed by atoms with van der Waals surface area (Å²) in [5.41, 5.74) is 0.663. The first kappa shape index (κ1) is 14.2. The van der Waals surface area contributed by atoms with Gasteiger partial charge in [0.25, 0.3) is 5.91 Å². The molecule has 0 N–H and O–H groups in total. The van der Waals surface area contributed by atoms with E-state index in [1.54, 1.807) is 11.3 Å². The molecule has 100 valence electrons. The van der Waals surface area contributed by atoms with Crippen molar-refractivity contribution < 1.29 is 4.79 Å². The van der Waals surface area contributed by atoms with Crippen LogP contribution in [0.5, 0.6) is 0 Å². The van der Waals surface area contributed by atoms with Crippen LogP contribution in [-0.4, -0.2) is 16.8 Å². The molecule has 0 unspecified atom stereocenters. The Labute approximate surface area is 123 Å². The molecule has 0 aliphatic carbocycles. The van der Waals surface area contributed by atoms with Gasteiger partial charge in [0.2, 0.25) is 0 Å². The predicted octanol–water partition coefficient (Wildman–Crippen LogP) is 4.09. The standard InChI is InChI=1S/C15H17NOS2/c1-11(2)16(10-12-6-5-9-19-12)15(17)13-7-3-4-8-14(13)18/h3-9,11,18H,10H2,1-2H3. The smallest absolute Gasteiger partial charge is 0.255 e. The van der Waals surface area contributed by atoms with Crippen molar-refractivity contribution in [2.24, 2.45) is 0 Å². The Morgan fingerprint density at radius 1 is 1.26 bits per heavy atom. The van der Waals surface area contributed by atoms with E-state index >= 15 is 0 Å². The zero-order valence-corrected chi connectivity index (χ0v) is 12.7. The average molecular weight is 291 g/mol. The number of amides is 1. The molecule has 0 saturated carbocycles. The van der Waals surface area contributed by atoms with Gasteiger partial charge >= 0.3 is 0 Å². The monoisotopic (exact) mass is 291 g/mol. The molecule has 1 aromatic carbocycles. The summed E-state index contributed by atoms with van der Waals surface area (Å²) >= 11 is 6.04. The highest BCUT2D eigenvalue weighted by Crippen LogP contribution is 2.20. The number of hydrogen-bond donors (Lipinski definition) is 1. The predicted molar refractivity (Wildman–Crippen MR) is 83.0 cm³/mol. The van der Waals surface area contributed by atoms with Crippen molar-refractivity contribution in [3.05, 3.63) is 52.2 Å². The lowest BCUT2D eigenvalue weighted by molar-refractivity contribution is 0.0689. The molecule has 1 amide bonds. The van der Waals surface area contributed by atoms with Crippen LogP contribution in [0, 0.1) is 0 Å². The lowest BCUT2D eigenvalue weighted by Crippen LogP contribution is -2.36. The van der Waals surface area contributed by atoms with E-state index in [1.807, 2.05) is 54.5 Å². The minimum absolute atomic E-state index is 0.0361. The highest BCUT2D eigenvalue weighted by atomic mass is 32.1. The van der Waals surface area contributed by atoms with Crippen LogP contribution in [0.15, 0.2) is 46.7 Å². The van der Waals surface area contributed by atoms with Gasteiger partial charge in [-0.25, -0.2) is 0 Å². The normalized spacial score (nSPS) is 10.7. The average Bonchev–Trinajstić information content (AvgIpc) is 2.88. The van der Waals surface area contributed by atoms with Crippen LogP contribution in [-0.2, 0) is 6.54 Å². The second-order valence-corrected chi connectivity index (χ2v) is 6.14. The third-order valence-corrected chi connectivity index (χ3v) is 4.18. The van der Waals surface area contributed by atoms with Crippen molar-refractivity contribution in [1.29, 1.82) is 0 Å². The molecule has 0 aliphatic heterocycles. The van der Waals surface area contributed by atoms with Crippen LogP contribution in [0.2, 0.25) is 0 Å². The Morgan fingerprint density at radius 2 is 2.00 bits per heavy atom. The van der Waals surface area contributed by atoms with Gasteiger partial charge in [-0.3, -0.25) is 4.79 Å². The van der Waals surface area contributed by atoms with Crippen LogP contribution in [0.1, 0.15) is 29.1 Å². The Morgan fingerprint density at radius 3 is 2.58 bits per heavy atom. The van der Waals surface area contributed by atoms with Gasteiger partial charge in [-0.1, -0.05) is 18.2 Å². The third-order valence-electron chi connectivity index (χ3n) is 2.92. The first-order valence-electron chi connectivity index (χ1n) is 6.21. The van der Waals surface area contributed by atoms with Crippen LogP contribution < -0.4 is 0 Å². The summed E-state index contributed by atoms with van der Waals surface area (Å²) in [6, 6.07) is 11.7. The van der Waals surface area contributed by atoms with Gasteiger partial charge in [0.15, 0.2) is 0 Å². The van der Waals surface area contributed by atoms with Crippen molar-refractivity contribution in [1.82, 2.24) is 4.90 Å². The maximum Gasteiger partial charge on any atom is 0.255 e. The number of rotatable bonds is 4. The number of nitrogens with zero attached hydrogens (tertiary/aromatic N) is 1. The van der Waals surface area contributed by atoms with E-state index in [0.717, 1.165) is 4.90 Å². The Bertz CT molecular complexity index is 549. The molecule has 0 fully saturated rings. The number of carbonyl (C=O) groups excluding carboxylic acids is 1. The fraction of sp³-hybridized carbons (Fsp3) is 0.267. The summed E-state index contributed by atoms with van der Waals surface area (Å²) in [6.07, 6.45) is 0. The number of benzene rings is 1. The molecular formula is C15H17NOS2. The molecule has 0 atom stereocenters. The SMILES string of the molecule is CC(C)N(Cc1cccs1)C(=O)c1ccccc1S. The number of thiophene rings is 1. The molecule has 0 radical (unpaired) electrons. The van der Waals surface area contributed by atoms with Crippen molar-refractivity contribution in [3.8, 4) is 0 Å². The van der Waals surface area contributed by atoms with E-state index in [9.17, 15) is 4.79 Å². The van der Waals surface area contributed by atoms with E-state index in [2.05, 4.69) is 18.7 Å². The van der Waals surface area contributed by atoms with Crippen LogP contribution >= 0.6 is 24.0 Å². The quantitative estimate of drug-likeness (QED) is 0.841. The fourth-order valence-electron chi connectivity index (χ4n) is 1.87. The number of thiol groups is 1. The second-order valence-electron chi connectivity index (χ2n) is 4.62. The molecule has 4 heteroatoms. The van der Waals surface area contributed by atoms with Crippen molar-refractivity contribution in [3.63, 3.8) is 0 Å². The number of carbonyl (C=O) groups is 1. The summed E-state index contributed by atoms with van der Waals surface area (Å²) in [7, 11) is 0. The van der Waals surface area contributed by atoms with Gasteiger partial charge in [0.05, 0.1) is 12.1 Å². The minimum atomic E-state index is 0.0361. The molecule has 2 aromatic rings. The molecular weight excluding hydrogens is 274 g/mol.